The van der Waals surface area contributed by atoms with Crippen LogP contribution in [0, 0.1) is 47.3 Å². The fourth-order valence-electron chi connectivity index (χ4n) is 2.86. The summed E-state index contributed by atoms with van der Waals surface area (Å²) in [6, 6.07) is 0. The molecule has 0 spiro atoms. The number of ether oxygens (including phenoxy) is 1. The zero-order valence-electron chi connectivity index (χ0n) is 28.1. The Kier molecular flexibility index (Phi) is 34.6. The van der Waals surface area contributed by atoms with Crippen molar-refractivity contribution in [2.24, 2.45) is 47.3 Å². The quantitative estimate of drug-likeness (QED) is 0.236. The molecule has 3 heteroatoms. The summed E-state index contributed by atoms with van der Waals surface area (Å²) >= 11 is 0. The van der Waals surface area contributed by atoms with Crippen molar-refractivity contribution in [1.29, 1.82) is 0 Å². The highest BCUT2D eigenvalue weighted by Crippen LogP contribution is 2.10. The van der Waals surface area contributed by atoms with Gasteiger partial charge in [0.05, 0.1) is 0 Å². The van der Waals surface area contributed by atoms with Gasteiger partial charge in [0.25, 0.3) is 0 Å². The van der Waals surface area contributed by atoms with Crippen LogP contribution in [0.15, 0.2) is 0 Å². The molecular weight excluding hydrogens is 442 g/mol. The van der Waals surface area contributed by atoms with E-state index in [-0.39, 0.29) is 0 Å². The van der Waals surface area contributed by atoms with Crippen molar-refractivity contribution < 1.29 is 9.53 Å². The lowest BCUT2D eigenvalue weighted by molar-refractivity contribution is -0.120. The van der Waals surface area contributed by atoms with Gasteiger partial charge in [0, 0.05) is 26.1 Å². The summed E-state index contributed by atoms with van der Waals surface area (Å²) in [5, 5.41) is 3.38. The summed E-state index contributed by atoms with van der Waals surface area (Å²) in [5.74, 6) is 6.12. The van der Waals surface area contributed by atoms with Gasteiger partial charge in [-0.3, -0.25) is 4.79 Å². The standard InChI is InChI=1S/C9H18O.C8H19N.C8H18O.C8H18/c1-7(2)5-9(10)6-8(3)4;2*1-7(2)5-9-6-8(3)4;1-7(2)5-6-8(3)4/h7-8H,5-6H2,1-4H3;7-9H,5-6H2,1-4H3;7-8H,5-6H2,1-4H3;7-8H,5-6H2,1-4H3. The largest absolute Gasteiger partial charge is 0.381 e. The fourth-order valence-corrected chi connectivity index (χ4v) is 2.86. The van der Waals surface area contributed by atoms with Gasteiger partial charge in [0.15, 0.2) is 0 Å². The molecule has 0 aromatic heterocycles. The van der Waals surface area contributed by atoms with E-state index in [1.807, 2.05) is 0 Å². The van der Waals surface area contributed by atoms with E-state index in [4.69, 9.17) is 4.74 Å². The van der Waals surface area contributed by atoms with E-state index in [1.165, 1.54) is 12.8 Å². The number of nitrogens with one attached hydrogen (secondary N) is 1. The molecule has 0 heterocycles. The SMILES string of the molecule is CC(C)CC(=O)CC(C)C.CC(C)CCC(C)C.CC(C)CNCC(C)C.CC(C)COCC(C)C. The van der Waals surface area contributed by atoms with E-state index >= 15 is 0 Å². The van der Waals surface area contributed by atoms with E-state index in [9.17, 15) is 4.79 Å². The zero-order valence-corrected chi connectivity index (χ0v) is 28.1. The predicted octanol–water partition coefficient (Wildman–Crippen LogP) is 9.93. The normalized spacial score (nSPS) is 11.2. The highest BCUT2D eigenvalue weighted by Gasteiger charge is 2.06. The number of rotatable bonds is 15. The second-order valence-corrected chi connectivity index (χ2v) is 13.9. The topological polar surface area (TPSA) is 38.3 Å². The minimum absolute atomic E-state index is 0.407. The molecule has 0 aromatic rings. The van der Waals surface area contributed by atoms with Gasteiger partial charge in [-0.15, -0.1) is 0 Å². The van der Waals surface area contributed by atoms with Crippen LogP contribution in [0.25, 0.3) is 0 Å². The van der Waals surface area contributed by atoms with Crippen LogP contribution in [0.4, 0.5) is 0 Å². The van der Waals surface area contributed by atoms with Gasteiger partial charge in [-0.1, -0.05) is 124 Å². The Morgan fingerprint density at radius 2 is 0.778 bits per heavy atom. The van der Waals surface area contributed by atoms with Crippen LogP contribution in [0.3, 0.4) is 0 Å². The lowest BCUT2D eigenvalue weighted by atomic mass is 10.00. The number of ketones is 1. The highest BCUT2D eigenvalue weighted by molar-refractivity contribution is 5.78. The number of carbonyl (C=O) groups excluding carboxylic acids is 1. The average Bonchev–Trinajstić information content (AvgIpc) is 2.65. The number of hydrogen-bond donors (Lipinski definition) is 1. The Bertz CT molecular complexity index is 369. The van der Waals surface area contributed by atoms with E-state index in [1.54, 1.807) is 0 Å². The first-order chi connectivity index (χ1) is 16.4. The van der Waals surface area contributed by atoms with E-state index in [0.29, 0.717) is 29.5 Å². The summed E-state index contributed by atoms with van der Waals surface area (Å²) in [6.07, 6.45) is 4.27. The molecule has 222 valence electrons. The molecule has 0 aromatic carbocycles. The molecule has 0 fully saturated rings. The molecule has 0 aliphatic heterocycles. The molecule has 0 saturated carbocycles. The zero-order chi connectivity index (χ0) is 29.3. The first kappa shape index (κ1) is 42.7. The molecule has 36 heavy (non-hydrogen) atoms. The maximum Gasteiger partial charge on any atom is 0.133 e. The molecule has 0 saturated heterocycles. The number of hydrogen-bond acceptors (Lipinski definition) is 3. The third-order valence-electron chi connectivity index (χ3n) is 4.60. The molecule has 0 bridgehead atoms. The molecule has 1 N–H and O–H groups in total. The Balaban J connectivity index is -0.000000190. The van der Waals surface area contributed by atoms with Crippen molar-refractivity contribution in [2.45, 2.75) is 136 Å². The number of carbonyl (C=O) groups is 1. The highest BCUT2D eigenvalue weighted by atomic mass is 16.5. The third-order valence-corrected chi connectivity index (χ3v) is 4.60. The van der Waals surface area contributed by atoms with Gasteiger partial charge in [0.1, 0.15) is 5.78 Å². The first-order valence-corrected chi connectivity index (χ1v) is 15.2. The van der Waals surface area contributed by atoms with Crippen LogP contribution in [0.5, 0.6) is 0 Å². The smallest absolute Gasteiger partial charge is 0.133 e. The summed E-state index contributed by atoms with van der Waals surface area (Å²) in [6.45, 7) is 39.1. The first-order valence-electron chi connectivity index (χ1n) is 15.2. The van der Waals surface area contributed by atoms with Crippen LogP contribution in [0.2, 0.25) is 0 Å². The summed E-state index contributed by atoms with van der Waals surface area (Å²) in [5.41, 5.74) is 0. The summed E-state index contributed by atoms with van der Waals surface area (Å²) in [4.78, 5) is 11.1. The van der Waals surface area contributed by atoms with Crippen molar-refractivity contribution in [3.63, 3.8) is 0 Å². The molecular formula is C33H73NO2. The Labute approximate surface area is 230 Å². The van der Waals surface area contributed by atoms with E-state index < -0.39 is 0 Å². The number of Topliss-reactive ketones (excluding diaryl/α,β-unsaturated/α-hetero) is 1. The van der Waals surface area contributed by atoms with Crippen molar-refractivity contribution in [3.05, 3.63) is 0 Å². The van der Waals surface area contributed by atoms with Crippen molar-refractivity contribution >= 4 is 5.78 Å². The molecule has 0 radical (unpaired) electrons. The predicted molar refractivity (Wildman–Crippen MR) is 166 cm³/mol. The lowest BCUT2D eigenvalue weighted by Crippen LogP contribution is -2.23. The third kappa shape index (κ3) is 59.0. The Morgan fingerprint density at radius 1 is 0.472 bits per heavy atom. The van der Waals surface area contributed by atoms with E-state index in [0.717, 1.165) is 62.8 Å². The summed E-state index contributed by atoms with van der Waals surface area (Å²) in [7, 11) is 0. The minimum atomic E-state index is 0.407. The van der Waals surface area contributed by atoms with Crippen molar-refractivity contribution in [2.75, 3.05) is 26.3 Å². The molecule has 0 atom stereocenters. The van der Waals surface area contributed by atoms with Gasteiger partial charge in [0.2, 0.25) is 0 Å². The van der Waals surface area contributed by atoms with Gasteiger partial charge in [-0.2, -0.15) is 0 Å². The molecule has 3 nitrogen and oxygen atoms in total. The van der Waals surface area contributed by atoms with Gasteiger partial charge >= 0.3 is 0 Å². The molecule has 0 unspecified atom stereocenters. The van der Waals surface area contributed by atoms with Crippen molar-refractivity contribution in [1.82, 2.24) is 5.32 Å². The Morgan fingerprint density at radius 3 is 0.972 bits per heavy atom. The van der Waals surface area contributed by atoms with Crippen molar-refractivity contribution in [3.8, 4) is 0 Å². The Hall–Kier alpha value is -0.410. The second-order valence-electron chi connectivity index (χ2n) is 13.9. The molecule has 0 amide bonds. The van der Waals surface area contributed by atoms with Gasteiger partial charge in [-0.05, 0) is 60.4 Å². The van der Waals surface area contributed by atoms with Crippen LogP contribution in [-0.4, -0.2) is 32.1 Å². The van der Waals surface area contributed by atoms with Crippen LogP contribution >= 0.6 is 0 Å². The molecule has 0 aliphatic rings. The van der Waals surface area contributed by atoms with Crippen LogP contribution in [0.1, 0.15) is 136 Å². The lowest BCUT2D eigenvalue weighted by Gasteiger charge is -2.08. The monoisotopic (exact) mass is 516 g/mol. The van der Waals surface area contributed by atoms with Crippen LogP contribution < -0.4 is 5.32 Å². The fraction of sp³-hybridized carbons (Fsp3) is 0.970. The minimum Gasteiger partial charge on any atom is -0.381 e. The van der Waals surface area contributed by atoms with E-state index in [2.05, 4.69) is 116 Å². The average molecular weight is 516 g/mol. The van der Waals surface area contributed by atoms with Crippen LogP contribution in [-0.2, 0) is 9.53 Å². The maximum absolute atomic E-state index is 11.1. The molecule has 0 rings (SSSR count). The van der Waals surface area contributed by atoms with Gasteiger partial charge in [-0.25, -0.2) is 0 Å². The van der Waals surface area contributed by atoms with Gasteiger partial charge < -0.3 is 10.1 Å². The second kappa shape index (κ2) is 29.2. The molecule has 0 aliphatic carbocycles. The maximum atomic E-state index is 11.1. The summed E-state index contributed by atoms with van der Waals surface area (Å²) < 4.78 is 5.36.